The van der Waals surface area contributed by atoms with Gasteiger partial charge >= 0.3 is 0 Å². The monoisotopic (exact) mass is 302 g/mol. The number of hydrogen-bond acceptors (Lipinski definition) is 2. The van der Waals surface area contributed by atoms with Crippen LogP contribution in [0.4, 0.5) is 0 Å². The fraction of sp³-hybridized carbons (Fsp3) is 0.556. The molecule has 0 aliphatic carbocycles. The van der Waals surface area contributed by atoms with Crippen molar-refractivity contribution in [2.75, 3.05) is 13.1 Å². The Morgan fingerprint density at radius 1 is 1.27 bits per heavy atom. The molecule has 120 valence electrons. The Labute approximate surface area is 133 Å². The van der Waals surface area contributed by atoms with Gasteiger partial charge in [0.1, 0.15) is 0 Å². The summed E-state index contributed by atoms with van der Waals surface area (Å²) in [5.41, 5.74) is 0.900. The molecule has 0 unspecified atom stereocenters. The lowest BCUT2D eigenvalue weighted by molar-refractivity contribution is -0.136. The van der Waals surface area contributed by atoms with Gasteiger partial charge in [0.05, 0.1) is 5.92 Å². The number of carbonyl (C=O) groups excluding carboxylic acids is 2. The Morgan fingerprint density at radius 2 is 1.91 bits per heavy atom. The normalized spacial score (nSPS) is 18.6. The van der Waals surface area contributed by atoms with Crippen LogP contribution in [0.15, 0.2) is 30.3 Å². The Kier molecular flexibility index (Phi) is 4.89. The summed E-state index contributed by atoms with van der Waals surface area (Å²) in [5, 5.41) is 0. The summed E-state index contributed by atoms with van der Waals surface area (Å²) in [6, 6.07) is 9.98. The van der Waals surface area contributed by atoms with Gasteiger partial charge in [-0.3, -0.25) is 9.59 Å². The van der Waals surface area contributed by atoms with Gasteiger partial charge in [0.15, 0.2) is 0 Å². The standard InChI is InChI=1S/C18H26N2O2/c1-5-19(12-14-9-7-6-8-10-14)17(22)15-11-16(21)20(13-15)18(2,3)4/h6-10,15H,5,11-13H2,1-4H3/t15-/m1/s1. The third kappa shape index (κ3) is 3.67. The minimum atomic E-state index is -0.220. The van der Waals surface area contributed by atoms with Gasteiger partial charge in [-0.2, -0.15) is 0 Å². The molecule has 0 saturated carbocycles. The van der Waals surface area contributed by atoms with Gasteiger partial charge in [-0.1, -0.05) is 30.3 Å². The van der Waals surface area contributed by atoms with Crippen LogP contribution in [0.3, 0.4) is 0 Å². The predicted molar refractivity (Wildman–Crippen MR) is 87.1 cm³/mol. The van der Waals surface area contributed by atoms with Gasteiger partial charge in [0, 0.05) is 31.6 Å². The van der Waals surface area contributed by atoms with Crippen molar-refractivity contribution in [3.8, 4) is 0 Å². The summed E-state index contributed by atoms with van der Waals surface area (Å²) in [4.78, 5) is 28.6. The first-order valence-corrected chi connectivity index (χ1v) is 7.96. The number of benzene rings is 1. The smallest absolute Gasteiger partial charge is 0.228 e. The second-order valence-electron chi connectivity index (χ2n) is 6.91. The molecular weight excluding hydrogens is 276 g/mol. The highest BCUT2D eigenvalue weighted by Crippen LogP contribution is 2.27. The molecule has 4 heteroatoms. The molecule has 1 atom stereocenters. The summed E-state index contributed by atoms with van der Waals surface area (Å²) < 4.78 is 0. The molecule has 1 aliphatic rings. The maximum atomic E-state index is 12.7. The van der Waals surface area contributed by atoms with Crippen LogP contribution in [-0.2, 0) is 16.1 Å². The van der Waals surface area contributed by atoms with E-state index in [1.165, 1.54) is 0 Å². The highest BCUT2D eigenvalue weighted by molar-refractivity contribution is 5.89. The van der Waals surface area contributed by atoms with Crippen molar-refractivity contribution < 1.29 is 9.59 Å². The number of amides is 2. The van der Waals surface area contributed by atoms with Crippen LogP contribution >= 0.6 is 0 Å². The van der Waals surface area contributed by atoms with E-state index >= 15 is 0 Å². The lowest BCUT2D eigenvalue weighted by Crippen LogP contribution is -2.43. The van der Waals surface area contributed by atoms with Gasteiger partial charge in [-0.15, -0.1) is 0 Å². The highest BCUT2D eigenvalue weighted by Gasteiger charge is 2.40. The van der Waals surface area contributed by atoms with Crippen molar-refractivity contribution >= 4 is 11.8 Å². The van der Waals surface area contributed by atoms with Gasteiger partial charge in [0.2, 0.25) is 11.8 Å². The molecule has 1 aliphatic heterocycles. The summed E-state index contributed by atoms with van der Waals surface area (Å²) in [7, 11) is 0. The van der Waals surface area contributed by atoms with Crippen LogP contribution in [0.5, 0.6) is 0 Å². The molecule has 0 spiro atoms. The Balaban J connectivity index is 2.05. The van der Waals surface area contributed by atoms with E-state index in [9.17, 15) is 9.59 Å². The average Bonchev–Trinajstić information content (AvgIpc) is 2.87. The average molecular weight is 302 g/mol. The minimum Gasteiger partial charge on any atom is -0.338 e. The first kappa shape index (κ1) is 16.5. The summed E-state index contributed by atoms with van der Waals surface area (Å²) >= 11 is 0. The molecule has 0 aromatic heterocycles. The Bertz CT molecular complexity index is 534. The molecule has 1 saturated heterocycles. The van der Waals surface area contributed by atoms with Crippen LogP contribution < -0.4 is 0 Å². The van der Waals surface area contributed by atoms with Crippen molar-refractivity contribution in [1.82, 2.24) is 9.80 Å². The maximum absolute atomic E-state index is 12.7. The Hall–Kier alpha value is -1.84. The predicted octanol–water partition coefficient (Wildman–Crippen LogP) is 2.68. The van der Waals surface area contributed by atoms with Crippen LogP contribution in [0, 0.1) is 5.92 Å². The minimum absolute atomic E-state index is 0.0848. The van der Waals surface area contributed by atoms with Crippen molar-refractivity contribution in [3.63, 3.8) is 0 Å². The third-order valence-electron chi connectivity index (χ3n) is 4.19. The van der Waals surface area contributed by atoms with Gasteiger partial charge in [-0.25, -0.2) is 0 Å². The zero-order valence-electron chi connectivity index (χ0n) is 14.0. The molecule has 1 heterocycles. The largest absolute Gasteiger partial charge is 0.338 e. The van der Waals surface area contributed by atoms with Crippen molar-refractivity contribution in [3.05, 3.63) is 35.9 Å². The Morgan fingerprint density at radius 3 is 2.41 bits per heavy atom. The second kappa shape index (κ2) is 6.51. The number of nitrogens with zero attached hydrogens (tertiary/aromatic N) is 2. The number of likely N-dealkylation sites (tertiary alicyclic amines) is 1. The molecule has 1 fully saturated rings. The molecular formula is C18H26N2O2. The maximum Gasteiger partial charge on any atom is 0.228 e. The fourth-order valence-electron chi connectivity index (χ4n) is 2.93. The first-order valence-electron chi connectivity index (χ1n) is 7.96. The van der Waals surface area contributed by atoms with Crippen LogP contribution in [0.25, 0.3) is 0 Å². The van der Waals surface area contributed by atoms with Crippen molar-refractivity contribution in [2.24, 2.45) is 5.92 Å². The molecule has 1 aromatic carbocycles. The van der Waals surface area contributed by atoms with E-state index in [1.807, 2.05) is 67.8 Å². The first-order chi connectivity index (χ1) is 10.3. The number of carbonyl (C=O) groups is 2. The van der Waals surface area contributed by atoms with Crippen LogP contribution in [-0.4, -0.2) is 40.2 Å². The highest BCUT2D eigenvalue weighted by atomic mass is 16.2. The lowest BCUT2D eigenvalue weighted by Gasteiger charge is -2.32. The molecule has 22 heavy (non-hydrogen) atoms. The summed E-state index contributed by atoms with van der Waals surface area (Å²) in [5.74, 6) is -0.0385. The van der Waals surface area contributed by atoms with Crippen LogP contribution in [0.2, 0.25) is 0 Å². The van der Waals surface area contributed by atoms with Crippen molar-refractivity contribution in [1.29, 1.82) is 0 Å². The number of hydrogen-bond donors (Lipinski definition) is 0. The van der Waals surface area contributed by atoms with E-state index in [0.29, 0.717) is 26.1 Å². The van der Waals surface area contributed by atoms with Gasteiger partial charge in [-0.05, 0) is 33.3 Å². The van der Waals surface area contributed by atoms with E-state index < -0.39 is 0 Å². The van der Waals surface area contributed by atoms with E-state index in [-0.39, 0.29) is 23.3 Å². The van der Waals surface area contributed by atoms with E-state index in [0.717, 1.165) is 5.56 Å². The van der Waals surface area contributed by atoms with E-state index in [2.05, 4.69) is 0 Å². The number of rotatable bonds is 4. The molecule has 0 N–H and O–H groups in total. The summed E-state index contributed by atoms with van der Waals surface area (Å²) in [6.07, 6.45) is 0.335. The lowest BCUT2D eigenvalue weighted by atomic mass is 10.1. The topological polar surface area (TPSA) is 40.6 Å². The fourth-order valence-corrected chi connectivity index (χ4v) is 2.93. The molecule has 2 rings (SSSR count). The molecule has 0 bridgehead atoms. The van der Waals surface area contributed by atoms with Crippen LogP contribution in [0.1, 0.15) is 39.7 Å². The molecule has 1 aromatic rings. The zero-order chi connectivity index (χ0) is 16.3. The quantitative estimate of drug-likeness (QED) is 0.858. The van der Waals surface area contributed by atoms with Crippen molar-refractivity contribution in [2.45, 2.75) is 46.2 Å². The second-order valence-corrected chi connectivity index (χ2v) is 6.91. The SMILES string of the molecule is CCN(Cc1ccccc1)C(=O)[C@@H]1CC(=O)N(C(C)(C)C)C1. The van der Waals surface area contributed by atoms with E-state index in [4.69, 9.17) is 0 Å². The molecule has 4 nitrogen and oxygen atoms in total. The van der Waals surface area contributed by atoms with E-state index in [1.54, 1.807) is 0 Å². The van der Waals surface area contributed by atoms with Gasteiger partial charge in [0.25, 0.3) is 0 Å². The van der Waals surface area contributed by atoms with Gasteiger partial charge < -0.3 is 9.80 Å². The molecule has 2 amide bonds. The zero-order valence-corrected chi connectivity index (χ0v) is 14.0. The molecule has 0 radical (unpaired) electrons. The summed E-state index contributed by atoms with van der Waals surface area (Å²) in [6.45, 7) is 9.83. The third-order valence-corrected chi connectivity index (χ3v) is 4.19.